The molecule has 5 heteroatoms. The molecule has 0 amide bonds. The van der Waals surface area contributed by atoms with E-state index in [1.807, 2.05) is 0 Å². The molecule has 0 aliphatic heterocycles. The highest BCUT2D eigenvalue weighted by atomic mass is 16.5. The van der Waals surface area contributed by atoms with E-state index in [0.29, 0.717) is 0 Å². The van der Waals surface area contributed by atoms with Crippen LogP contribution in [0.3, 0.4) is 0 Å². The first-order chi connectivity index (χ1) is 6.06. The zero-order chi connectivity index (χ0) is 10.0. The summed E-state index contributed by atoms with van der Waals surface area (Å²) in [6, 6.07) is 0. The fraction of sp³-hybridized carbons (Fsp3) is 0.625. The highest BCUT2D eigenvalue weighted by Gasteiger charge is 2.31. The van der Waals surface area contributed by atoms with Crippen LogP contribution in [-0.2, 0) is 9.53 Å². The molecular formula is C8H12O5. The van der Waals surface area contributed by atoms with Crippen LogP contribution in [0.4, 0.5) is 0 Å². The van der Waals surface area contributed by atoms with Crippen LogP contribution >= 0.6 is 0 Å². The summed E-state index contributed by atoms with van der Waals surface area (Å²) in [5.41, 5.74) is 0.188. The molecule has 0 radical (unpaired) electrons. The Labute approximate surface area is 75.3 Å². The molecule has 0 bridgehead atoms. The lowest BCUT2D eigenvalue weighted by Gasteiger charge is -2.26. The number of hydrogen-bond acceptors (Lipinski definition) is 5. The average Bonchev–Trinajstić information content (AvgIpc) is 2.12. The minimum absolute atomic E-state index is 0.00486. The van der Waals surface area contributed by atoms with E-state index in [1.165, 1.54) is 13.2 Å². The van der Waals surface area contributed by atoms with Crippen LogP contribution in [0.25, 0.3) is 0 Å². The molecule has 0 saturated carbocycles. The quantitative estimate of drug-likeness (QED) is 0.439. The Balaban J connectivity index is 2.78. The van der Waals surface area contributed by atoms with Crippen LogP contribution in [0.1, 0.15) is 6.42 Å². The third kappa shape index (κ3) is 2.06. The SMILES string of the molecule is COC(=O)C1=C[C@@H](O)[C@@H](O)[C@H](O)C1. The van der Waals surface area contributed by atoms with E-state index in [2.05, 4.69) is 4.74 Å². The van der Waals surface area contributed by atoms with Gasteiger partial charge in [-0.2, -0.15) is 0 Å². The summed E-state index contributed by atoms with van der Waals surface area (Å²) in [6.45, 7) is 0. The van der Waals surface area contributed by atoms with Crippen molar-refractivity contribution in [1.29, 1.82) is 0 Å². The lowest BCUT2D eigenvalue weighted by atomic mass is 9.92. The van der Waals surface area contributed by atoms with Crippen LogP contribution in [0.2, 0.25) is 0 Å². The predicted octanol–water partition coefficient (Wildman–Crippen LogP) is -1.43. The highest BCUT2D eigenvalue weighted by Crippen LogP contribution is 2.20. The first kappa shape index (κ1) is 10.2. The number of esters is 1. The number of aliphatic hydroxyl groups is 3. The van der Waals surface area contributed by atoms with Crippen molar-refractivity contribution in [3.63, 3.8) is 0 Å². The van der Waals surface area contributed by atoms with Crippen LogP contribution in [0, 0.1) is 0 Å². The molecule has 1 aliphatic rings. The Morgan fingerprint density at radius 2 is 2.15 bits per heavy atom. The second-order valence-electron chi connectivity index (χ2n) is 2.94. The molecule has 0 fully saturated rings. The fourth-order valence-corrected chi connectivity index (χ4v) is 1.23. The van der Waals surface area contributed by atoms with Crippen molar-refractivity contribution in [3.05, 3.63) is 11.6 Å². The maximum atomic E-state index is 11.0. The third-order valence-corrected chi connectivity index (χ3v) is 1.99. The second kappa shape index (κ2) is 3.87. The molecule has 3 N–H and O–H groups in total. The number of carbonyl (C=O) groups is 1. The molecule has 5 nitrogen and oxygen atoms in total. The molecule has 1 rings (SSSR count). The zero-order valence-corrected chi connectivity index (χ0v) is 7.17. The molecule has 13 heavy (non-hydrogen) atoms. The first-order valence-electron chi connectivity index (χ1n) is 3.89. The number of hydrogen-bond donors (Lipinski definition) is 3. The lowest BCUT2D eigenvalue weighted by Crippen LogP contribution is -2.40. The average molecular weight is 188 g/mol. The minimum Gasteiger partial charge on any atom is -0.466 e. The van der Waals surface area contributed by atoms with E-state index in [9.17, 15) is 9.90 Å². The van der Waals surface area contributed by atoms with Crippen LogP contribution in [0.15, 0.2) is 11.6 Å². The van der Waals surface area contributed by atoms with Gasteiger partial charge >= 0.3 is 5.97 Å². The topological polar surface area (TPSA) is 87.0 Å². The maximum absolute atomic E-state index is 11.0. The Kier molecular flexibility index (Phi) is 3.02. The molecule has 0 unspecified atom stereocenters. The van der Waals surface area contributed by atoms with Crippen molar-refractivity contribution >= 4 is 5.97 Å². The van der Waals surface area contributed by atoms with Crippen molar-refractivity contribution in [2.45, 2.75) is 24.7 Å². The monoisotopic (exact) mass is 188 g/mol. The van der Waals surface area contributed by atoms with E-state index in [4.69, 9.17) is 10.2 Å². The Morgan fingerprint density at radius 3 is 2.62 bits per heavy atom. The highest BCUT2D eigenvalue weighted by molar-refractivity contribution is 5.88. The minimum atomic E-state index is -1.23. The molecule has 1 aliphatic carbocycles. The molecule has 74 valence electrons. The van der Waals surface area contributed by atoms with Crippen molar-refractivity contribution in [2.24, 2.45) is 0 Å². The van der Waals surface area contributed by atoms with E-state index >= 15 is 0 Å². The molecule has 0 aromatic carbocycles. The number of rotatable bonds is 1. The van der Waals surface area contributed by atoms with Gasteiger partial charge in [-0.1, -0.05) is 0 Å². The Morgan fingerprint density at radius 1 is 1.54 bits per heavy atom. The van der Waals surface area contributed by atoms with Gasteiger partial charge in [0.15, 0.2) is 0 Å². The number of aliphatic hydroxyl groups excluding tert-OH is 3. The summed E-state index contributed by atoms with van der Waals surface area (Å²) in [4.78, 5) is 11.0. The Bertz CT molecular complexity index is 235. The fourth-order valence-electron chi connectivity index (χ4n) is 1.23. The zero-order valence-electron chi connectivity index (χ0n) is 7.17. The summed E-state index contributed by atoms with van der Waals surface area (Å²) in [6.07, 6.45) is -2.35. The molecule has 3 atom stereocenters. The molecule has 0 spiro atoms. The number of ether oxygens (including phenoxy) is 1. The summed E-state index contributed by atoms with van der Waals surface area (Å²) < 4.78 is 4.41. The molecular weight excluding hydrogens is 176 g/mol. The number of carbonyl (C=O) groups excluding carboxylic acids is 1. The Hall–Kier alpha value is -0.910. The van der Waals surface area contributed by atoms with Gasteiger partial charge in [0.05, 0.1) is 13.2 Å². The van der Waals surface area contributed by atoms with Crippen molar-refractivity contribution < 1.29 is 24.9 Å². The van der Waals surface area contributed by atoms with Crippen molar-refractivity contribution in [1.82, 2.24) is 0 Å². The van der Waals surface area contributed by atoms with Crippen LogP contribution in [0.5, 0.6) is 0 Å². The van der Waals surface area contributed by atoms with Crippen molar-refractivity contribution in [2.75, 3.05) is 7.11 Å². The second-order valence-corrected chi connectivity index (χ2v) is 2.94. The van der Waals surface area contributed by atoms with Crippen LogP contribution < -0.4 is 0 Å². The number of methoxy groups -OCH3 is 1. The van der Waals surface area contributed by atoms with Crippen LogP contribution in [-0.4, -0.2) is 46.7 Å². The van der Waals surface area contributed by atoms with E-state index in [1.54, 1.807) is 0 Å². The van der Waals surface area contributed by atoms with E-state index in [0.717, 1.165) is 0 Å². The van der Waals surface area contributed by atoms with Gasteiger partial charge in [0, 0.05) is 12.0 Å². The van der Waals surface area contributed by atoms with E-state index in [-0.39, 0.29) is 12.0 Å². The third-order valence-electron chi connectivity index (χ3n) is 1.99. The van der Waals surface area contributed by atoms with Gasteiger partial charge in [-0.15, -0.1) is 0 Å². The van der Waals surface area contributed by atoms with Gasteiger partial charge < -0.3 is 20.1 Å². The standard InChI is InChI=1S/C8H12O5/c1-13-8(12)4-2-5(9)7(11)6(10)3-4/h2,5-7,9-11H,3H2,1H3/t5-,6-,7-/m1/s1. The lowest BCUT2D eigenvalue weighted by molar-refractivity contribution is -0.137. The summed E-state index contributed by atoms with van der Waals surface area (Å²) in [7, 11) is 1.22. The van der Waals surface area contributed by atoms with Gasteiger partial charge in [-0.25, -0.2) is 4.79 Å². The van der Waals surface area contributed by atoms with E-state index < -0.39 is 24.3 Å². The van der Waals surface area contributed by atoms with Gasteiger partial charge in [0.1, 0.15) is 12.2 Å². The molecule has 0 aromatic rings. The molecule has 0 aromatic heterocycles. The smallest absolute Gasteiger partial charge is 0.333 e. The molecule has 0 saturated heterocycles. The molecule has 0 heterocycles. The maximum Gasteiger partial charge on any atom is 0.333 e. The first-order valence-corrected chi connectivity index (χ1v) is 3.89. The summed E-state index contributed by atoms with van der Waals surface area (Å²) in [5.74, 6) is -0.593. The van der Waals surface area contributed by atoms with Crippen molar-refractivity contribution in [3.8, 4) is 0 Å². The van der Waals surface area contributed by atoms with Gasteiger partial charge in [-0.05, 0) is 6.08 Å². The van der Waals surface area contributed by atoms with Gasteiger partial charge in [0.2, 0.25) is 0 Å². The van der Waals surface area contributed by atoms with Gasteiger partial charge in [-0.3, -0.25) is 0 Å². The predicted molar refractivity (Wildman–Crippen MR) is 42.7 cm³/mol. The summed E-state index contributed by atoms with van der Waals surface area (Å²) in [5, 5.41) is 27.5. The van der Waals surface area contributed by atoms with Gasteiger partial charge in [0.25, 0.3) is 0 Å². The largest absolute Gasteiger partial charge is 0.466 e. The summed E-state index contributed by atoms with van der Waals surface area (Å²) >= 11 is 0. The normalized spacial score (nSPS) is 33.8.